The number of hydrogen-bond donors (Lipinski definition) is 1. The van der Waals surface area contributed by atoms with Crippen LogP contribution in [0.3, 0.4) is 0 Å². The molecule has 1 N–H and O–H groups in total. The van der Waals surface area contributed by atoms with Gasteiger partial charge in [-0.25, -0.2) is 9.11 Å². The smallest absolute Gasteiger partial charge is 0.279 e. The molecule has 6 nitrogen and oxygen atoms in total. The van der Waals surface area contributed by atoms with E-state index < -0.39 is 22.1 Å². The summed E-state index contributed by atoms with van der Waals surface area (Å²) >= 11 is 6.28. The van der Waals surface area contributed by atoms with E-state index in [2.05, 4.69) is 4.72 Å². The lowest BCUT2D eigenvalue weighted by Crippen LogP contribution is -2.48. The zero-order chi connectivity index (χ0) is 20.0. The van der Waals surface area contributed by atoms with Crippen molar-refractivity contribution < 1.29 is 17.5 Å². The summed E-state index contributed by atoms with van der Waals surface area (Å²) in [5, 5.41) is 0.290. The van der Waals surface area contributed by atoms with Crippen molar-refractivity contribution in [1.82, 2.24) is 13.9 Å². The Hall–Kier alpha value is -0.770. The molecule has 0 radical (unpaired) electrons. The number of morpholine rings is 1. The maximum Gasteiger partial charge on any atom is 0.279 e. The monoisotopic (exact) mass is 421 g/mol. The van der Waals surface area contributed by atoms with E-state index in [9.17, 15) is 12.8 Å². The normalized spacial score (nSPS) is 20.1. The van der Waals surface area contributed by atoms with E-state index in [1.165, 1.54) is 10.4 Å². The Bertz CT molecular complexity index is 700. The van der Waals surface area contributed by atoms with Crippen molar-refractivity contribution in [2.24, 2.45) is 0 Å². The van der Waals surface area contributed by atoms with E-state index in [1.54, 1.807) is 19.2 Å². The minimum atomic E-state index is -3.65. The Morgan fingerprint density at radius 3 is 2.85 bits per heavy atom. The van der Waals surface area contributed by atoms with Gasteiger partial charge in [0.05, 0.1) is 18.8 Å². The maximum atomic E-state index is 14.6. The third-order valence-corrected chi connectivity index (χ3v) is 6.61. The lowest BCUT2D eigenvalue weighted by Gasteiger charge is -2.38. The zero-order valence-corrected chi connectivity index (χ0v) is 17.7. The topological polar surface area (TPSA) is 61.9 Å². The van der Waals surface area contributed by atoms with Crippen molar-refractivity contribution in [3.8, 4) is 0 Å². The molecule has 0 bridgehead atoms. The van der Waals surface area contributed by atoms with Crippen LogP contribution in [0, 0.1) is 5.82 Å². The number of unbranched alkanes of at least 4 members (excludes halogenated alkanes) is 1. The second-order valence-corrected chi connectivity index (χ2v) is 9.13. The molecule has 9 heteroatoms. The number of hydrogen-bond acceptors (Lipinski definition) is 4. The highest BCUT2D eigenvalue weighted by Crippen LogP contribution is 2.31. The van der Waals surface area contributed by atoms with E-state index in [-0.39, 0.29) is 17.7 Å². The largest absolute Gasteiger partial charge is 0.376 e. The first-order valence-corrected chi connectivity index (χ1v) is 11.1. The first kappa shape index (κ1) is 22.5. The Balaban J connectivity index is 2.23. The highest BCUT2D eigenvalue weighted by Gasteiger charge is 2.30. The van der Waals surface area contributed by atoms with Gasteiger partial charge >= 0.3 is 0 Å². The van der Waals surface area contributed by atoms with Gasteiger partial charge in [-0.05, 0) is 25.5 Å². The summed E-state index contributed by atoms with van der Waals surface area (Å²) in [5.74, 6) is -0.440. The molecular weight excluding hydrogens is 393 g/mol. The standard InChI is InChI=1S/C18H29ClFN3O3S/c1-4-5-9-22(3)27(24,25)21-12-17(23-10-11-26-14(2)13-23)18-15(19)7-6-8-16(18)20/h6-8,14,17,21H,4-5,9-13H2,1-3H3. The van der Waals surface area contributed by atoms with Crippen LogP contribution in [0.5, 0.6) is 0 Å². The first-order chi connectivity index (χ1) is 12.8. The molecule has 1 heterocycles. The molecule has 0 aromatic heterocycles. The molecule has 0 spiro atoms. The Morgan fingerprint density at radius 1 is 1.48 bits per heavy atom. The summed E-state index contributed by atoms with van der Waals surface area (Å²) in [7, 11) is -2.11. The fourth-order valence-corrected chi connectivity index (χ4v) is 4.41. The third kappa shape index (κ3) is 6.10. The van der Waals surface area contributed by atoms with Crippen LogP contribution in [0.15, 0.2) is 18.2 Å². The second-order valence-electron chi connectivity index (χ2n) is 6.86. The van der Waals surface area contributed by atoms with E-state index in [0.29, 0.717) is 31.8 Å². The lowest BCUT2D eigenvalue weighted by atomic mass is 10.0. The van der Waals surface area contributed by atoms with Crippen LogP contribution in [0.2, 0.25) is 5.02 Å². The summed E-state index contributed by atoms with van der Waals surface area (Å²) in [6.45, 7) is 6.07. The van der Waals surface area contributed by atoms with E-state index in [1.807, 2.05) is 18.7 Å². The van der Waals surface area contributed by atoms with Crippen LogP contribution in [0.4, 0.5) is 4.39 Å². The van der Waals surface area contributed by atoms with Gasteiger partial charge in [0.2, 0.25) is 0 Å². The molecular formula is C18H29ClFN3O3S. The average molecular weight is 422 g/mol. The number of ether oxygens (including phenoxy) is 1. The van der Waals surface area contributed by atoms with Gasteiger partial charge < -0.3 is 4.74 Å². The lowest BCUT2D eigenvalue weighted by molar-refractivity contribution is -0.0342. The van der Waals surface area contributed by atoms with Crippen LogP contribution >= 0.6 is 11.6 Å². The van der Waals surface area contributed by atoms with Crippen LogP contribution in [0.1, 0.15) is 38.3 Å². The SMILES string of the molecule is CCCCN(C)S(=O)(=O)NCC(c1c(F)cccc1Cl)N1CCOC(C)C1. The van der Waals surface area contributed by atoms with Gasteiger partial charge in [-0.1, -0.05) is 31.0 Å². The van der Waals surface area contributed by atoms with Gasteiger partial charge in [-0.2, -0.15) is 12.7 Å². The zero-order valence-electron chi connectivity index (χ0n) is 16.1. The van der Waals surface area contributed by atoms with Crippen molar-refractivity contribution in [2.45, 2.75) is 38.8 Å². The molecule has 1 aliphatic rings. The van der Waals surface area contributed by atoms with Gasteiger partial charge in [0.25, 0.3) is 10.2 Å². The van der Waals surface area contributed by atoms with Crippen molar-refractivity contribution in [2.75, 3.05) is 39.8 Å². The second kappa shape index (κ2) is 10.1. The predicted molar refractivity (Wildman–Crippen MR) is 106 cm³/mol. The van der Waals surface area contributed by atoms with Crippen LogP contribution in [0.25, 0.3) is 0 Å². The van der Waals surface area contributed by atoms with Crippen LogP contribution < -0.4 is 4.72 Å². The summed E-state index contributed by atoms with van der Waals surface area (Å²) < 4.78 is 49.1. The van der Waals surface area contributed by atoms with Gasteiger partial charge in [-0.3, -0.25) is 4.90 Å². The molecule has 154 valence electrons. The number of rotatable bonds is 9. The number of nitrogens with one attached hydrogen (secondary N) is 1. The molecule has 1 aliphatic heterocycles. The third-order valence-electron chi connectivity index (χ3n) is 4.74. The molecule has 1 aromatic rings. The molecule has 0 aliphatic carbocycles. The van der Waals surface area contributed by atoms with E-state index in [4.69, 9.17) is 16.3 Å². The summed E-state index contributed by atoms with van der Waals surface area (Å²) in [6.07, 6.45) is 1.66. The average Bonchev–Trinajstić information content (AvgIpc) is 2.61. The highest BCUT2D eigenvalue weighted by atomic mass is 35.5. The fraction of sp³-hybridized carbons (Fsp3) is 0.667. The molecule has 2 rings (SSSR count). The van der Waals surface area contributed by atoms with E-state index >= 15 is 0 Å². The number of halogens is 2. The van der Waals surface area contributed by atoms with Crippen molar-refractivity contribution >= 4 is 21.8 Å². The Kier molecular flexibility index (Phi) is 8.45. The maximum absolute atomic E-state index is 14.6. The highest BCUT2D eigenvalue weighted by molar-refractivity contribution is 7.87. The fourth-order valence-electron chi connectivity index (χ4n) is 3.17. The summed E-state index contributed by atoms with van der Waals surface area (Å²) in [6, 6.07) is 4.00. The van der Waals surface area contributed by atoms with Gasteiger partial charge in [0.15, 0.2) is 0 Å². The molecule has 2 unspecified atom stereocenters. The van der Waals surface area contributed by atoms with Crippen molar-refractivity contribution in [3.63, 3.8) is 0 Å². The van der Waals surface area contributed by atoms with Crippen LogP contribution in [-0.2, 0) is 14.9 Å². The molecule has 1 aromatic carbocycles. The van der Waals surface area contributed by atoms with Crippen LogP contribution in [-0.4, -0.2) is 63.6 Å². The van der Waals surface area contributed by atoms with Crippen molar-refractivity contribution in [3.05, 3.63) is 34.6 Å². The minimum Gasteiger partial charge on any atom is -0.376 e. The molecule has 1 fully saturated rings. The van der Waals surface area contributed by atoms with Gasteiger partial charge in [-0.15, -0.1) is 0 Å². The minimum absolute atomic E-state index is 0.0179. The molecule has 1 saturated heterocycles. The molecule has 2 atom stereocenters. The van der Waals surface area contributed by atoms with E-state index in [0.717, 1.165) is 12.8 Å². The summed E-state index contributed by atoms with van der Waals surface area (Å²) in [5.41, 5.74) is 0.312. The number of nitrogens with zero attached hydrogens (tertiary/aromatic N) is 2. The Labute approximate surface area is 166 Å². The van der Waals surface area contributed by atoms with Gasteiger partial charge in [0, 0.05) is 43.8 Å². The quantitative estimate of drug-likeness (QED) is 0.666. The summed E-state index contributed by atoms with van der Waals surface area (Å²) in [4.78, 5) is 2.02. The van der Waals surface area contributed by atoms with Gasteiger partial charge in [0.1, 0.15) is 5.82 Å². The molecule has 27 heavy (non-hydrogen) atoms. The first-order valence-electron chi connectivity index (χ1n) is 9.26. The predicted octanol–water partition coefficient (Wildman–Crippen LogP) is 2.81. The number of benzene rings is 1. The Morgan fingerprint density at radius 2 is 2.22 bits per heavy atom. The molecule has 0 saturated carbocycles. The van der Waals surface area contributed by atoms with Crippen molar-refractivity contribution in [1.29, 1.82) is 0 Å². The molecule has 0 amide bonds.